The van der Waals surface area contributed by atoms with Gasteiger partial charge in [-0.2, -0.15) is 0 Å². The van der Waals surface area contributed by atoms with Crippen molar-refractivity contribution in [1.29, 1.82) is 0 Å². The first-order valence-corrected chi connectivity index (χ1v) is 12.2. The first kappa shape index (κ1) is 29.0. The molecular formula is C22H39Cl2NO5. The zero-order chi connectivity index (χ0) is 22.8. The van der Waals surface area contributed by atoms with Crippen LogP contribution in [0.2, 0.25) is 0 Å². The van der Waals surface area contributed by atoms with Crippen LogP contribution in [-0.4, -0.2) is 44.9 Å². The van der Waals surface area contributed by atoms with Gasteiger partial charge in [-0.3, -0.25) is 9.59 Å². The van der Waals surface area contributed by atoms with Crippen molar-refractivity contribution in [3.05, 3.63) is 0 Å². The second-order valence-corrected chi connectivity index (χ2v) is 9.07. The van der Waals surface area contributed by atoms with Crippen LogP contribution in [0.4, 0.5) is 0 Å². The van der Waals surface area contributed by atoms with Crippen LogP contribution in [0, 0.1) is 0 Å². The summed E-state index contributed by atoms with van der Waals surface area (Å²) >= 11 is 12.8. The molecule has 0 rings (SSSR count). The lowest BCUT2D eigenvalue weighted by Crippen LogP contribution is -2.42. The molecule has 0 saturated carbocycles. The molecule has 2 unspecified atom stereocenters. The molecule has 30 heavy (non-hydrogen) atoms. The Hall–Kier alpha value is -1.01. The van der Waals surface area contributed by atoms with E-state index in [0.717, 1.165) is 44.9 Å². The second-order valence-electron chi connectivity index (χ2n) is 7.95. The number of hydrogen-bond acceptors (Lipinski definition) is 3. The average molecular weight is 468 g/mol. The van der Waals surface area contributed by atoms with Gasteiger partial charge in [0.15, 0.2) is 0 Å². The van der Waals surface area contributed by atoms with Gasteiger partial charge >= 0.3 is 11.9 Å². The molecule has 0 spiro atoms. The van der Waals surface area contributed by atoms with Gasteiger partial charge in [-0.05, 0) is 19.3 Å². The minimum Gasteiger partial charge on any atom is -0.481 e. The molecule has 0 heterocycles. The number of aliphatic carboxylic acids is 2. The number of hydrogen-bond donors (Lipinski definition) is 3. The summed E-state index contributed by atoms with van der Waals surface area (Å²) in [5.74, 6) is -3.02. The molecule has 176 valence electrons. The van der Waals surface area contributed by atoms with Crippen molar-refractivity contribution in [2.75, 3.05) is 0 Å². The number of halogens is 2. The number of nitrogens with one attached hydrogen (secondary N) is 1. The molecule has 0 fully saturated rings. The highest BCUT2D eigenvalue weighted by Crippen LogP contribution is 2.23. The summed E-state index contributed by atoms with van der Waals surface area (Å²) in [4.78, 5) is 33.3. The normalized spacial score (nSPS) is 14.1. The van der Waals surface area contributed by atoms with Crippen molar-refractivity contribution in [3.63, 3.8) is 0 Å². The van der Waals surface area contributed by atoms with Gasteiger partial charge in [0.2, 0.25) is 5.91 Å². The lowest BCUT2D eigenvalue weighted by molar-refractivity contribution is -0.147. The Labute approximate surface area is 191 Å². The van der Waals surface area contributed by atoms with Crippen LogP contribution in [0.3, 0.4) is 0 Å². The first-order chi connectivity index (χ1) is 14.3. The third kappa shape index (κ3) is 16.8. The standard InChI is InChI=1S/C22H39Cl2NO5/c1-2-3-4-5-7-10-13-17(23)18(24)14-11-8-6-9-12-15-20(26)25-19(22(29)30)16-21(27)28/h17-19H,2-16H2,1H3,(H,25,26)(H,27,28)(H,29,30)/t17?,18?,19-/m0/s1. The average Bonchev–Trinajstić information content (AvgIpc) is 2.68. The van der Waals surface area contributed by atoms with Crippen molar-refractivity contribution >= 4 is 41.0 Å². The summed E-state index contributed by atoms with van der Waals surface area (Å²) in [6.45, 7) is 2.21. The fourth-order valence-electron chi connectivity index (χ4n) is 3.28. The molecular weight excluding hydrogens is 429 g/mol. The van der Waals surface area contributed by atoms with E-state index >= 15 is 0 Å². The van der Waals surface area contributed by atoms with E-state index in [2.05, 4.69) is 12.2 Å². The maximum absolute atomic E-state index is 11.8. The van der Waals surface area contributed by atoms with Crippen molar-refractivity contribution < 1.29 is 24.6 Å². The van der Waals surface area contributed by atoms with Gasteiger partial charge in [-0.1, -0.05) is 71.1 Å². The van der Waals surface area contributed by atoms with Crippen LogP contribution in [-0.2, 0) is 14.4 Å². The van der Waals surface area contributed by atoms with Crippen LogP contribution in [0.5, 0.6) is 0 Å². The van der Waals surface area contributed by atoms with Gasteiger partial charge in [0, 0.05) is 17.2 Å². The number of alkyl halides is 2. The fourth-order valence-corrected chi connectivity index (χ4v) is 3.84. The van der Waals surface area contributed by atoms with Gasteiger partial charge in [0.05, 0.1) is 6.42 Å². The Morgan fingerprint density at radius 2 is 1.23 bits per heavy atom. The van der Waals surface area contributed by atoms with Crippen molar-refractivity contribution in [3.8, 4) is 0 Å². The monoisotopic (exact) mass is 467 g/mol. The van der Waals surface area contributed by atoms with Gasteiger partial charge in [-0.25, -0.2) is 4.79 Å². The van der Waals surface area contributed by atoms with Gasteiger partial charge in [-0.15, -0.1) is 23.2 Å². The highest BCUT2D eigenvalue weighted by molar-refractivity contribution is 6.29. The number of carboxylic acids is 2. The third-order valence-corrected chi connectivity index (χ3v) is 6.30. The van der Waals surface area contributed by atoms with E-state index in [4.69, 9.17) is 33.4 Å². The Kier molecular flexibility index (Phi) is 18.1. The Morgan fingerprint density at radius 1 is 0.767 bits per heavy atom. The largest absolute Gasteiger partial charge is 0.481 e. The number of carboxylic acid groups (broad SMARTS) is 2. The van der Waals surface area contributed by atoms with Gasteiger partial charge in [0.1, 0.15) is 6.04 Å². The Morgan fingerprint density at radius 3 is 1.70 bits per heavy atom. The molecule has 3 N–H and O–H groups in total. The maximum atomic E-state index is 11.8. The van der Waals surface area contributed by atoms with E-state index in [-0.39, 0.29) is 17.2 Å². The van der Waals surface area contributed by atoms with Crippen LogP contribution in [0.1, 0.15) is 103 Å². The van der Waals surface area contributed by atoms with Crippen LogP contribution in [0.25, 0.3) is 0 Å². The smallest absolute Gasteiger partial charge is 0.326 e. The van der Waals surface area contributed by atoms with Crippen molar-refractivity contribution in [2.24, 2.45) is 0 Å². The van der Waals surface area contributed by atoms with E-state index in [9.17, 15) is 14.4 Å². The molecule has 8 heteroatoms. The summed E-state index contributed by atoms with van der Waals surface area (Å²) in [6.07, 6.45) is 13.4. The van der Waals surface area contributed by atoms with Crippen LogP contribution < -0.4 is 5.32 Å². The topological polar surface area (TPSA) is 104 Å². The first-order valence-electron chi connectivity index (χ1n) is 11.3. The van der Waals surface area contributed by atoms with Gasteiger partial charge in [0.25, 0.3) is 0 Å². The van der Waals surface area contributed by atoms with Crippen molar-refractivity contribution in [1.82, 2.24) is 5.32 Å². The minimum absolute atomic E-state index is 0.00438. The molecule has 0 aliphatic heterocycles. The van der Waals surface area contributed by atoms with Crippen LogP contribution >= 0.6 is 23.2 Å². The molecule has 1 amide bonds. The molecule has 0 radical (unpaired) electrons. The lowest BCUT2D eigenvalue weighted by Gasteiger charge is -2.16. The number of carbonyl (C=O) groups is 3. The van der Waals surface area contributed by atoms with E-state index in [1.54, 1.807) is 0 Å². The molecule has 0 saturated heterocycles. The number of carbonyl (C=O) groups excluding carboxylic acids is 1. The molecule has 0 bridgehead atoms. The summed E-state index contributed by atoms with van der Waals surface area (Å²) in [5.41, 5.74) is 0. The lowest BCUT2D eigenvalue weighted by atomic mass is 10.0. The predicted molar refractivity (Wildman–Crippen MR) is 121 cm³/mol. The second kappa shape index (κ2) is 18.7. The SMILES string of the molecule is CCCCCCCCC(Cl)C(Cl)CCCCCCCC(=O)N[C@@H](CC(=O)O)C(=O)O. The predicted octanol–water partition coefficient (Wildman–Crippen LogP) is 5.73. The summed E-state index contributed by atoms with van der Waals surface area (Å²) in [5, 5.41) is 19.9. The summed E-state index contributed by atoms with van der Waals surface area (Å²) in [7, 11) is 0. The Balaban J connectivity index is 3.70. The van der Waals surface area contributed by atoms with E-state index in [1.165, 1.54) is 32.1 Å². The quantitative estimate of drug-likeness (QED) is 0.156. The zero-order valence-electron chi connectivity index (χ0n) is 18.2. The number of unbranched alkanes of at least 4 members (excludes halogenated alkanes) is 9. The molecule has 0 aliphatic carbocycles. The molecule has 0 aromatic rings. The summed E-state index contributed by atoms with van der Waals surface area (Å²) in [6, 6.07) is -1.38. The number of rotatable bonds is 20. The molecule has 6 nitrogen and oxygen atoms in total. The highest BCUT2D eigenvalue weighted by atomic mass is 35.5. The van der Waals surface area contributed by atoms with E-state index in [1.807, 2.05) is 0 Å². The molecule has 0 aromatic carbocycles. The van der Waals surface area contributed by atoms with Crippen molar-refractivity contribution in [2.45, 2.75) is 120 Å². The fraction of sp³-hybridized carbons (Fsp3) is 0.864. The number of amides is 1. The molecule has 3 atom stereocenters. The molecule has 0 aromatic heterocycles. The zero-order valence-corrected chi connectivity index (χ0v) is 19.7. The Bertz CT molecular complexity index is 490. The molecule has 0 aliphatic rings. The van der Waals surface area contributed by atoms with E-state index < -0.39 is 30.3 Å². The minimum atomic E-state index is -1.38. The highest BCUT2D eigenvalue weighted by Gasteiger charge is 2.22. The maximum Gasteiger partial charge on any atom is 0.326 e. The van der Waals surface area contributed by atoms with Crippen LogP contribution in [0.15, 0.2) is 0 Å². The van der Waals surface area contributed by atoms with Gasteiger partial charge < -0.3 is 15.5 Å². The summed E-state index contributed by atoms with van der Waals surface area (Å²) < 4.78 is 0. The third-order valence-electron chi connectivity index (χ3n) is 5.12. The van der Waals surface area contributed by atoms with E-state index in [0.29, 0.717) is 6.42 Å².